The average molecular weight is 301 g/mol. The summed E-state index contributed by atoms with van der Waals surface area (Å²) in [5, 5.41) is 13.9. The Kier molecular flexibility index (Phi) is 5.41. The molecule has 0 aliphatic carbocycles. The number of halogens is 1. The van der Waals surface area contributed by atoms with Crippen LogP contribution in [0.15, 0.2) is 22.7 Å². The molecule has 0 aromatic heterocycles. The Labute approximate surface area is 110 Å². The lowest BCUT2D eigenvalue weighted by Gasteiger charge is -2.15. The van der Waals surface area contributed by atoms with Crippen LogP contribution in [0.2, 0.25) is 0 Å². The van der Waals surface area contributed by atoms with Crippen LogP contribution in [0.5, 0.6) is 0 Å². The predicted octanol–water partition coefficient (Wildman–Crippen LogP) is 4.35. The molecule has 1 rings (SSSR count). The van der Waals surface area contributed by atoms with Crippen LogP contribution in [0.3, 0.4) is 0 Å². The maximum atomic E-state index is 10.6. The number of non-ortho nitro benzene ring substituents is 1. The maximum Gasteiger partial charge on any atom is 0.270 e. The van der Waals surface area contributed by atoms with E-state index in [0.717, 1.165) is 16.6 Å². The van der Waals surface area contributed by atoms with Gasteiger partial charge < -0.3 is 5.32 Å². The van der Waals surface area contributed by atoms with Crippen molar-refractivity contribution in [3.63, 3.8) is 0 Å². The number of rotatable bonds is 6. The van der Waals surface area contributed by atoms with Crippen LogP contribution in [0.1, 0.15) is 33.1 Å². The van der Waals surface area contributed by atoms with E-state index in [2.05, 4.69) is 35.1 Å². The standard InChI is InChI=1S/C12H17BrN2O2/c1-3-4-5-9(2)14-12-7-6-10(15(16)17)8-11(12)13/h6-9,14H,3-5H2,1-2H3. The minimum atomic E-state index is -0.394. The van der Waals surface area contributed by atoms with Gasteiger partial charge in [-0.15, -0.1) is 0 Å². The van der Waals surface area contributed by atoms with E-state index in [1.54, 1.807) is 6.07 Å². The molecule has 0 saturated heterocycles. The molecular weight excluding hydrogens is 284 g/mol. The van der Waals surface area contributed by atoms with Gasteiger partial charge >= 0.3 is 0 Å². The van der Waals surface area contributed by atoms with Crippen molar-refractivity contribution in [1.82, 2.24) is 0 Å². The van der Waals surface area contributed by atoms with E-state index in [1.807, 2.05) is 0 Å². The van der Waals surface area contributed by atoms with Crippen LogP contribution in [-0.4, -0.2) is 11.0 Å². The normalized spacial score (nSPS) is 12.2. The van der Waals surface area contributed by atoms with Gasteiger partial charge in [-0.25, -0.2) is 0 Å². The van der Waals surface area contributed by atoms with E-state index in [1.165, 1.54) is 25.0 Å². The van der Waals surface area contributed by atoms with Gasteiger partial charge in [-0.2, -0.15) is 0 Å². The molecule has 0 fully saturated rings. The number of hydrogen-bond donors (Lipinski definition) is 1. The fourth-order valence-electron chi connectivity index (χ4n) is 1.58. The summed E-state index contributed by atoms with van der Waals surface area (Å²) in [7, 11) is 0. The third-order valence-corrected chi connectivity index (χ3v) is 3.21. The van der Waals surface area contributed by atoms with Crippen LogP contribution in [0.4, 0.5) is 11.4 Å². The first kappa shape index (κ1) is 14.0. The summed E-state index contributed by atoms with van der Waals surface area (Å²) in [6.45, 7) is 4.28. The predicted molar refractivity (Wildman–Crippen MR) is 73.4 cm³/mol. The van der Waals surface area contributed by atoms with Crippen molar-refractivity contribution in [3.05, 3.63) is 32.8 Å². The molecule has 0 amide bonds. The Morgan fingerprint density at radius 2 is 2.24 bits per heavy atom. The monoisotopic (exact) mass is 300 g/mol. The van der Waals surface area contributed by atoms with Crippen molar-refractivity contribution in [3.8, 4) is 0 Å². The summed E-state index contributed by atoms with van der Waals surface area (Å²) in [6, 6.07) is 5.15. The van der Waals surface area contributed by atoms with Crippen LogP contribution >= 0.6 is 15.9 Å². The Morgan fingerprint density at radius 3 is 2.76 bits per heavy atom. The molecule has 1 N–H and O–H groups in total. The first-order valence-corrected chi connectivity index (χ1v) is 6.54. The number of hydrogen-bond acceptors (Lipinski definition) is 3. The quantitative estimate of drug-likeness (QED) is 0.628. The molecule has 0 radical (unpaired) electrons. The summed E-state index contributed by atoms with van der Waals surface area (Å²) in [5.41, 5.74) is 1.00. The lowest BCUT2D eigenvalue weighted by atomic mass is 10.1. The summed E-state index contributed by atoms with van der Waals surface area (Å²) >= 11 is 3.35. The van der Waals surface area contributed by atoms with Gasteiger partial charge in [0, 0.05) is 28.3 Å². The van der Waals surface area contributed by atoms with E-state index in [-0.39, 0.29) is 5.69 Å². The van der Waals surface area contributed by atoms with Gasteiger partial charge in [0.2, 0.25) is 0 Å². The zero-order chi connectivity index (χ0) is 12.8. The van der Waals surface area contributed by atoms with Gasteiger partial charge in [-0.1, -0.05) is 19.8 Å². The molecule has 17 heavy (non-hydrogen) atoms. The molecule has 0 saturated carbocycles. The van der Waals surface area contributed by atoms with E-state index in [9.17, 15) is 10.1 Å². The lowest BCUT2D eigenvalue weighted by molar-refractivity contribution is -0.384. The topological polar surface area (TPSA) is 55.2 Å². The van der Waals surface area contributed by atoms with Crippen LogP contribution in [0.25, 0.3) is 0 Å². The Morgan fingerprint density at radius 1 is 1.53 bits per heavy atom. The third kappa shape index (κ3) is 4.34. The second-order valence-corrected chi connectivity index (χ2v) is 4.96. The molecule has 1 aromatic rings. The zero-order valence-corrected chi connectivity index (χ0v) is 11.7. The zero-order valence-electron chi connectivity index (χ0n) is 10.1. The first-order chi connectivity index (χ1) is 8.04. The molecule has 4 nitrogen and oxygen atoms in total. The maximum absolute atomic E-state index is 10.6. The Balaban J connectivity index is 2.69. The van der Waals surface area contributed by atoms with Crippen molar-refractivity contribution >= 4 is 27.3 Å². The number of nitrogens with zero attached hydrogens (tertiary/aromatic N) is 1. The number of nitro groups is 1. The summed E-state index contributed by atoms with van der Waals surface area (Å²) in [5.74, 6) is 0. The van der Waals surface area contributed by atoms with Gasteiger partial charge in [0.25, 0.3) is 5.69 Å². The minimum absolute atomic E-state index is 0.101. The summed E-state index contributed by atoms with van der Waals surface area (Å²) in [6.07, 6.45) is 3.45. The highest BCUT2D eigenvalue weighted by Crippen LogP contribution is 2.27. The molecule has 0 bridgehead atoms. The fraction of sp³-hybridized carbons (Fsp3) is 0.500. The summed E-state index contributed by atoms with van der Waals surface area (Å²) < 4.78 is 0.732. The lowest BCUT2D eigenvalue weighted by Crippen LogP contribution is -2.15. The first-order valence-electron chi connectivity index (χ1n) is 5.75. The molecule has 0 spiro atoms. The number of nitrogens with one attached hydrogen (secondary N) is 1. The van der Waals surface area contributed by atoms with E-state index in [4.69, 9.17) is 0 Å². The summed E-state index contributed by atoms with van der Waals surface area (Å²) in [4.78, 5) is 10.2. The largest absolute Gasteiger partial charge is 0.382 e. The van der Waals surface area contributed by atoms with E-state index >= 15 is 0 Å². The molecule has 0 heterocycles. The SMILES string of the molecule is CCCCC(C)Nc1ccc([N+](=O)[O-])cc1Br. The number of unbranched alkanes of at least 4 members (excludes halogenated alkanes) is 1. The molecule has 0 aliphatic rings. The number of anilines is 1. The molecule has 94 valence electrons. The molecule has 1 aromatic carbocycles. The van der Waals surface area contributed by atoms with Crippen molar-refractivity contribution in [1.29, 1.82) is 0 Å². The van der Waals surface area contributed by atoms with Crippen molar-refractivity contribution in [2.75, 3.05) is 5.32 Å². The minimum Gasteiger partial charge on any atom is -0.382 e. The molecule has 1 unspecified atom stereocenters. The van der Waals surface area contributed by atoms with Crippen molar-refractivity contribution < 1.29 is 4.92 Å². The average Bonchev–Trinajstić information content (AvgIpc) is 2.28. The van der Waals surface area contributed by atoms with Crippen LogP contribution in [0, 0.1) is 10.1 Å². The van der Waals surface area contributed by atoms with Gasteiger partial charge in [0.15, 0.2) is 0 Å². The van der Waals surface area contributed by atoms with E-state index < -0.39 is 4.92 Å². The van der Waals surface area contributed by atoms with Crippen molar-refractivity contribution in [2.45, 2.75) is 39.2 Å². The van der Waals surface area contributed by atoms with Crippen LogP contribution < -0.4 is 5.32 Å². The Bertz CT molecular complexity index is 396. The highest BCUT2D eigenvalue weighted by molar-refractivity contribution is 9.10. The third-order valence-electron chi connectivity index (χ3n) is 2.56. The highest BCUT2D eigenvalue weighted by Gasteiger charge is 2.10. The molecule has 1 atom stereocenters. The van der Waals surface area contributed by atoms with Gasteiger partial charge in [0.1, 0.15) is 0 Å². The Hall–Kier alpha value is -1.10. The molecule has 0 aliphatic heterocycles. The molecule has 5 heteroatoms. The number of benzene rings is 1. The van der Waals surface area contributed by atoms with Gasteiger partial charge in [-0.3, -0.25) is 10.1 Å². The van der Waals surface area contributed by atoms with E-state index in [0.29, 0.717) is 6.04 Å². The number of nitro benzene ring substituents is 1. The van der Waals surface area contributed by atoms with Crippen LogP contribution in [-0.2, 0) is 0 Å². The fourth-order valence-corrected chi connectivity index (χ4v) is 2.06. The second kappa shape index (κ2) is 6.59. The smallest absolute Gasteiger partial charge is 0.270 e. The van der Waals surface area contributed by atoms with Crippen molar-refractivity contribution in [2.24, 2.45) is 0 Å². The highest BCUT2D eigenvalue weighted by atomic mass is 79.9. The second-order valence-electron chi connectivity index (χ2n) is 4.11. The van der Waals surface area contributed by atoms with Gasteiger partial charge in [-0.05, 0) is 35.3 Å². The van der Waals surface area contributed by atoms with Gasteiger partial charge in [0.05, 0.1) is 4.92 Å². The molecular formula is C12H17BrN2O2.